The molecular weight excluding hydrogens is 216 g/mol. The van der Waals surface area contributed by atoms with Gasteiger partial charge in [0.1, 0.15) is 5.15 Å². The predicted octanol–water partition coefficient (Wildman–Crippen LogP) is 0.871. The minimum absolute atomic E-state index is 0.485. The number of halogens is 1. The van der Waals surface area contributed by atoms with Gasteiger partial charge in [0.25, 0.3) is 0 Å². The van der Waals surface area contributed by atoms with Gasteiger partial charge in [0.2, 0.25) is 5.95 Å². The Kier molecular flexibility index (Phi) is 2.77. The number of aryl methyl sites for hydroxylation is 1. The summed E-state index contributed by atoms with van der Waals surface area (Å²) in [5, 5.41) is 14.6. The van der Waals surface area contributed by atoms with Crippen LogP contribution in [0.2, 0.25) is 5.15 Å². The third-order valence-corrected chi connectivity index (χ3v) is 2.08. The van der Waals surface area contributed by atoms with Crippen molar-refractivity contribution in [3.8, 4) is 0 Å². The summed E-state index contributed by atoms with van der Waals surface area (Å²) < 4.78 is 1.56. The van der Waals surface area contributed by atoms with Gasteiger partial charge in [-0.05, 0) is 22.1 Å². The van der Waals surface area contributed by atoms with Crippen molar-refractivity contribution in [2.75, 3.05) is 5.32 Å². The Bertz CT molecular complexity index is 437. The molecule has 0 bridgehead atoms. The lowest BCUT2D eigenvalue weighted by atomic mass is 10.3. The number of hydrogen-bond acceptors (Lipinski definition) is 5. The number of aromatic nitrogens is 5. The van der Waals surface area contributed by atoms with E-state index in [1.165, 1.54) is 0 Å². The summed E-state index contributed by atoms with van der Waals surface area (Å²) in [6, 6.07) is 3.64. The second-order valence-corrected chi connectivity index (χ2v) is 3.36. The lowest BCUT2D eigenvalue weighted by molar-refractivity contribution is 0.712. The summed E-state index contributed by atoms with van der Waals surface area (Å²) >= 11 is 5.67. The van der Waals surface area contributed by atoms with Crippen molar-refractivity contribution < 1.29 is 0 Å². The lowest BCUT2D eigenvalue weighted by Gasteiger charge is -2.03. The molecule has 0 aliphatic rings. The molecule has 0 aliphatic heterocycles. The molecule has 15 heavy (non-hydrogen) atoms. The summed E-state index contributed by atoms with van der Waals surface area (Å²) in [5.41, 5.74) is 1.02. The van der Waals surface area contributed by atoms with Crippen LogP contribution in [0.1, 0.15) is 5.56 Å². The first kappa shape index (κ1) is 9.85. The molecule has 2 heterocycles. The normalized spacial score (nSPS) is 10.3. The Morgan fingerprint density at radius 1 is 1.47 bits per heavy atom. The van der Waals surface area contributed by atoms with E-state index in [4.69, 9.17) is 11.6 Å². The van der Waals surface area contributed by atoms with Crippen molar-refractivity contribution in [1.29, 1.82) is 0 Å². The first-order chi connectivity index (χ1) is 7.25. The van der Waals surface area contributed by atoms with E-state index in [2.05, 4.69) is 25.8 Å². The molecule has 6 nitrogen and oxygen atoms in total. The van der Waals surface area contributed by atoms with E-state index >= 15 is 0 Å². The first-order valence-corrected chi connectivity index (χ1v) is 4.70. The van der Waals surface area contributed by atoms with Crippen molar-refractivity contribution in [2.24, 2.45) is 7.05 Å². The van der Waals surface area contributed by atoms with E-state index in [0.717, 1.165) is 5.56 Å². The van der Waals surface area contributed by atoms with Crippen LogP contribution in [0.15, 0.2) is 18.3 Å². The highest BCUT2D eigenvalue weighted by Crippen LogP contribution is 2.06. The molecule has 0 amide bonds. The number of nitrogens with zero attached hydrogens (tertiary/aromatic N) is 5. The van der Waals surface area contributed by atoms with Crippen LogP contribution in [-0.2, 0) is 13.6 Å². The average molecular weight is 225 g/mol. The average Bonchev–Trinajstić information content (AvgIpc) is 2.63. The molecule has 2 aromatic rings. The maximum absolute atomic E-state index is 5.67. The van der Waals surface area contributed by atoms with E-state index in [9.17, 15) is 0 Å². The zero-order valence-electron chi connectivity index (χ0n) is 8.05. The molecule has 0 spiro atoms. The summed E-state index contributed by atoms with van der Waals surface area (Å²) in [4.78, 5) is 3.97. The summed E-state index contributed by atoms with van der Waals surface area (Å²) in [5.74, 6) is 0.616. The number of pyridine rings is 1. The van der Waals surface area contributed by atoms with Crippen LogP contribution in [0.5, 0.6) is 0 Å². The summed E-state index contributed by atoms with van der Waals surface area (Å²) in [6.07, 6.45) is 1.71. The minimum atomic E-state index is 0.485. The van der Waals surface area contributed by atoms with E-state index in [1.54, 1.807) is 24.0 Å². The molecule has 0 fully saturated rings. The van der Waals surface area contributed by atoms with Crippen molar-refractivity contribution in [3.63, 3.8) is 0 Å². The molecule has 1 N–H and O–H groups in total. The molecule has 2 aromatic heterocycles. The number of tetrazole rings is 1. The number of anilines is 1. The lowest BCUT2D eigenvalue weighted by Crippen LogP contribution is -2.05. The molecule has 0 saturated carbocycles. The van der Waals surface area contributed by atoms with Gasteiger partial charge in [0.15, 0.2) is 0 Å². The van der Waals surface area contributed by atoms with Gasteiger partial charge >= 0.3 is 0 Å². The van der Waals surface area contributed by atoms with Crippen LogP contribution >= 0.6 is 11.6 Å². The van der Waals surface area contributed by atoms with Crippen LogP contribution in [0.25, 0.3) is 0 Å². The van der Waals surface area contributed by atoms with Gasteiger partial charge in [-0.2, -0.15) is 0 Å². The monoisotopic (exact) mass is 224 g/mol. The molecule has 2 rings (SSSR count). The maximum Gasteiger partial charge on any atom is 0.242 e. The Labute approximate surface area is 91.3 Å². The fraction of sp³-hybridized carbons (Fsp3) is 0.250. The maximum atomic E-state index is 5.67. The highest BCUT2D eigenvalue weighted by Gasteiger charge is 2.00. The van der Waals surface area contributed by atoms with Gasteiger partial charge in [-0.15, -0.1) is 0 Å². The van der Waals surface area contributed by atoms with Crippen LogP contribution in [0.4, 0.5) is 5.95 Å². The smallest absolute Gasteiger partial charge is 0.242 e. The van der Waals surface area contributed by atoms with Gasteiger partial charge < -0.3 is 5.32 Å². The first-order valence-electron chi connectivity index (χ1n) is 4.32. The highest BCUT2D eigenvalue weighted by molar-refractivity contribution is 6.29. The number of hydrogen-bond donors (Lipinski definition) is 1. The van der Waals surface area contributed by atoms with Crippen molar-refractivity contribution >= 4 is 17.5 Å². The van der Waals surface area contributed by atoms with Crippen molar-refractivity contribution in [2.45, 2.75) is 6.54 Å². The standard InChI is InChI=1S/C8H9ClN6/c1-15-8(12-13-14-15)11-5-6-2-3-7(9)10-4-6/h2-4H,5H2,1H3,(H,11,12,14). The van der Waals surface area contributed by atoms with Crippen molar-refractivity contribution in [3.05, 3.63) is 29.0 Å². The molecule has 0 atom stereocenters. The van der Waals surface area contributed by atoms with Crippen LogP contribution in [-0.4, -0.2) is 25.2 Å². The van der Waals surface area contributed by atoms with Crippen LogP contribution in [0.3, 0.4) is 0 Å². The van der Waals surface area contributed by atoms with Gasteiger partial charge in [0, 0.05) is 19.8 Å². The van der Waals surface area contributed by atoms with Crippen molar-refractivity contribution in [1.82, 2.24) is 25.2 Å². The number of rotatable bonds is 3. The third-order valence-electron chi connectivity index (χ3n) is 1.86. The summed E-state index contributed by atoms with van der Waals surface area (Å²) in [7, 11) is 1.77. The Morgan fingerprint density at radius 3 is 2.93 bits per heavy atom. The largest absolute Gasteiger partial charge is 0.349 e. The molecule has 7 heteroatoms. The molecule has 0 unspecified atom stereocenters. The van der Waals surface area contributed by atoms with E-state index < -0.39 is 0 Å². The summed E-state index contributed by atoms with van der Waals surface area (Å²) in [6.45, 7) is 0.610. The molecular formula is C8H9ClN6. The van der Waals surface area contributed by atoms with Gasteiger partial charge in [0.05, 0.1) is 0 Å². The van der Waals surface area contributed by atoms with Gasteiger partial charge in [-0.25, -0.2) is 9.67 Å². The fourth-order valence-corrected chi connectivity index (χ4v) is 1.18. The van der Waals surface area contributed by atoms with Crippen LogP contribution in [0, 0.1) is 0 Å². The van der Waals surface area contributed by atoms with E-state index in [-0.39, 0.29) is 0 Å². The molecule has 0 aliphatic carbocycles. The third kappa shape index (κ3) is 2.41. The quantitative estimate of drug-likeness (QED) is 0.784. The molecule has 0 radical (unpaired) electrons. The Morgan fingerprint density at radius 2 is 2.33 bits per heavy atom. The Hall–Kier alpha value is -1.69. The zero-order valence-corrected chi connectivity index (χ0v) is 8.81. The Balaban J connectivity index is 1.99. The van der Waals surface area contributed by atoms with Gasteiger partial charge in [-0.1, -0.05) is 22.8 Å². The zero-order chi connectivity index (χ0) is 10.7. The second kappa shape index (κ2) is 4.22. The van der Waals surface area contributed by atoms with E-state index in [1.807, 2.05) is 6.07 Å². The number of nitrogens with one attached hydrogen (secondary N) is 1. The molecule has 0 saturated heterocycles. The fourth-order valence-electron chi connectivity index (χ4n) is 1.07. The predicted molar refractivity (Wildman–Crippen MR) is 55.4 cm³/mol. The van der Waals surface area contributed by atoms with E-state index in [0.29, 0.717) is 17.6 Å². The minimum Gasteiger partial charge on any atom is -0.349 e. The topological polar surface area (TPSA) is 68.5 Å². The SMILES string of the molecule is Cn1nnnc1NCc1ccc(Cl)nc1. The van der Waals surface area contributed by atoms with Crippen LogP contribution < -0.4 is 5.32 Å². The highest BCUT2D eigenvalue weighted by atomic mass is 35.5. The molecule has 0 aromatic carbocycles. The van der Waals surface area contributed by atoms with Gasteiger partial charge in [-0.3, -0.25) is 0 Å². The molecule has 78 valence electrons. The second-order valence-electron chi connectivity index (χ2n) is 2.97.